The normalized spacial score (nSPS) is 24.3. The quantitative estimate of drug-likeness (QED) is 0.261. The highest BCUT2D eigenvalue weighted by Gasteiger charge is 2.23. The van der Waals surface area contributed by atoms with Gasteiger partial charge in [0.25, 0.3) is 5.89 Å². The second kappa shape index (κ2) is 12.9. The Morgan fingerprint density at radius 3 is 1.70 bits per heavy atom. The first-order valence-electron chi connectivity index (χ1n) is 15.3. The van der Waals surface area contributed by atoms with Crippen LogP contribution in [-0.2, 0) is 0 Å². The van der Waals surface area contributed by atoms with Crippen LogP contribution in [0.5, 0.6) is 0 Å². The van der Waals surface area contributed by atoms with Gasteiger partial charge in [-0.1, -0.05) is 93.9 Å². The van der Waals surface area contributed by atoms with E-state index >= 15 is 0 Å². The van der Waals surface area contributed by atoms with E-state index in [0.717, 1.165) is 23.0 Å². The molecule has 2 aliphatic rings. The van der Waals surface area contributed by atoms with E-state index in [-0.39, 0.29) is 0 Å². The Hall–Kier alpha value is -2.42. The van der Waals surface area contributed by atoms with Crippen molar-refractivity contribution in [1.29, 1.82) is 0 Å². The van der Waals surface area contributed by atoms with Crippen LogP contribution in [0.1, 0.15) is 127 Å². The van der Waals surface area contributed by atoms with E-state index in [4.69, 9.17) is 9.51 Å². The second-order valence-electron chi connectivity index (χ2n) is 11.9. The van der Waals surface area contributed by atoms with E-state index in [2.05, 4.69) is 67.5 Å². The molecule has 3 aromatic rings. The number of aromatic nitrogens is 2. The summed E-state index contributed by atoms with van der Waals surface area (Å²) in [6, 6.07) is 17.8. The molecule has 198 valence electrons. The monoisotopic (exact) mass is 498 g/mol. The minimum absolute atomic E-state index is 0.611. The van der Waals surface area contributed by atoms with E-state index in [1.165, 1.54) is 101 Å². The van der Waals surface area contributed by atoms with Gasteiger partial charge in [-0.15, -0.1) is 0 Å². The molecule has 2 aromatic carbocycles. The van der Waals surface area contributed by atoms with Gasteiger partial charge in [-0.05, 0) is 98.3 Å². The van der Waals surface area contributed by atoms with Gasteiger partial charge in [-0.3, -0.25) is 0 Å². The summed E-state index contributed by atoms with van der Waals surface area (Å²) >= 11 is 0. The van der Waals surface area contributed by atoms with Crippen molar-refractivity contribution in [2.75, 3.05) is 0 Å². The van der Waals surface area contributed by atoms with Crippen molar-refractivity contribution >= 4 is 0 Å². The van der Waals surface area contributed by atoms with Crippen LogP contribution in [0.3, 0.4) is 0 Å². The summed E-state index contributed by atoms with van der Waals surface area (Å²) in [5.41, 5.74) is 4.98. The van der Waals surface area contributed by atoms with Gasteiger partial charge < -0.3 is 4.52 Å². The molecule has 3 heteroatoms. The molecule has 0 unspecified atom stereocenters. The first-order valence-corrected chi connectivity index (χ1v) is 15.3. The molecule has 1 heterocycles. The van der Waals surface area contributed by atoms with Crippen molar-refractivity contribution in [2.45, 2.75) is 116 Å². The van der Waals surface area contributed by atoms with Crippen molar-refractivity contribution < 1.29 is 4.52 Å². The molecule has 2 fully saturated rings. The number of benzene rings is 2. The largest absolute Gasteiger partial charge is 0.334 e. The van der Waals surface area contributed by atoms with Gasteiger partial charge in [-0.2, -0.15) is 4.98 Å². The van der Waals surface area contributed by atoms with Crippen molar-refractivity contribution in [1.82, 2.24) is 10.1 Å². The summed E-state index contributed by atoms with van der Waals surface area (Å²) in [5, 5.41) is 4.30. The maximum atomic E-state index is 5.67. The maximum Gasteiger partial charge on any atom is 0.258 e. The van der Waals surface area contributed by atoms with Crippen LogP contribution in [-0.4, -0.2) is 10.1 Å². The summed E-state index contributed by atoms with van der Waals surface area (Å²) in [6.45, 7) is 4.61. The number of rotatable bonds is 10. The highest BCUT2D eigenvalue weighted by atomic mass is 16.5. The Balaban J connectivity index is 1.15. The molecule has 3 nitrogen and oxygen atoms in total. The lowest BCUT2D eigenvalue weighted by Gasteiger charge is -2.29. The predicted octanol–water partition coefficient (Wildman–Crippen LogP) is 10.3. The fourth-order valence-corrected chi connectivity index (χ4v) is 6.92. The number of unbranched alkanes of at least 4 members (excludes halogenated alkanes) is 2. The molecule has 0 N–H and O–H groups in total. The summed E-state index contributed by atoms with van der Waals surface area (Å²) in [6.07, 6.45) is 19.1. The van der Waals surface area contributed by atoms with Crippen LogP contribution in [0.4, 0.5) is 0 Å². The van der Waals surface area contributed by atoms with Crippen molar-refractivity contribution in [3.05, 3.63) is 59.7 Å². The Labute approximate surface area is 224 Å². The molecule has 0 spiro atoms. The molecule has 1 aromatic heterocycles. The summed E-state index contributed by atoms with van der Waals surface area (Å²) in [5.74, 6) is 4.60. The third-order valence-electron chi connectivity index (χ3n) is 9.30. The van der Waals surface area contributed by atoms with Gasteiger partial charge >= 0.3 is 0 Å². The fraction of sp³-hybridized carbons (Fsp3) is 0.588. The summed E-state index contributed by atoms with van der Waals surface area (Å²) < 4.78 is 5.67. The summed E-state index contributed by atoms with van der Waals surface area (Å²) in [4.78, 5) is 4.73. The first kappa shape index (κ1) is 26.2. The minimum Gasteiger partial charge on any atom is -0.334 e. The SMILES string of the molecule is CCCCCC1CCC(c2ccc(-c3nc(-c4ccc(C5CCC(CCC)CC5)cc4)no3)cc2)CC1. The zero-order valence-corrected chi connectivity index (χ0v) is 23.1. The first-order chi connectivity index (χ1) is 18.2. The van der Waals surface area contributed by atoms with Crippen molar-refractivity contribution in [2.24, 2.45) is 11.8 Å². The third kappa shape index (κ3) is 6.72. The molecule has 2 aliphatic carbocycles. The van der Waals surface area contributed by atoms with Crippen LogP contribution in [0.25, 0.3) is 22.8 Å². The zero-order chi connectivity index (χ0) is 25.5. The molecule has 0 bridgehead atoms. The predicted molar refractivity (Wildman–Crippen MR) is 154 cm³/mol. The van der Waals surface area contributed by atoms with Crippen molar-refractivity contribution in [3.8, 4) is 22.8 Å². The Morgan fingerprint density at radius 1 is 0.622 bits per heavy atom. The number of nitrogens with zero attached hydrogens (tertiary/aromatic N) is 2. The average molecular weight is 499 g/mol. The van der Waals surface area contributed by atoms with Crippen LogP contribution in [0.2, 0.25) is 0 Å². The van der Waals surface area contributed by atoms with E-state index in [1.54, 1.807) is 0 Å². The highest BCUT2D eigenvalue weighted by molar-refractivity contribution is 5.60. The standard InChI is InChI=1S/C34H46N2O/c1-3-5-6-8-26-11-15-28(16-12-26)30-19-23-32(24-20-30)34-35-33(36-37-34)31-21-17-29(18-22-31)27-13-9-25(7-4-2)10-14-27/h17-28H,3-16H2,1-2H3. The van der Waals surface area contributed by atoms with Gasteiger partial charge in [-0.25, -0.2) is 0 Å². The molecule has 5 rings (SSSR count). The van der Waals surface area contributed by atoms with Crippen LogP contribution in [0, 0.1) is 11.8 Å². The molecular weight excluding hydrogens is 452 g/mol. The Bertz CT molecular complexity index is 1070. The summed E-state index contributed by atoms with van der Waals surface area (Å²) in [7, 11) is 0. The fourth-order valence-electron chi connectivity index (χ4n) is 6.92. The molecule has 2 saturated carbocycles. The Kier molecular flexibility index (Phi) is 9.13. The van der Waals surface area contributed by atoms with Gasteiger partial charge in [0, 0.05) is 11.1 Å². The van der Waals surface area contributed by atoms with Crippen molar-refractivity contribution in [3.63, 3.8) is 0 Å². The molecule has 0 radical (unpaired) electrons. The van der Waals surface area contributed by atoms with Gasteiger partial charge in [0.2, 0.25) is 5.82 Å². The molecule has 0 atom stereocenters. The van der Waals surface area contributed by atoms with E-state index < -0.39 is 0 Å². The zero-order valence-electron chi connectivity index (χ0n) is 23.1. The molecule has 0 amide bonds. The average Bonchev–Trinajstić information content (AvgIpc) is 3.45. The van der Waals surface area contributed by atoms with E-state index in [9.17, 15) is 0 Å². The topological polar surface area (TPSA) is 38.9 Å². The molecule has 37 heavy (non-hydrogen) atoms. The third-order valence-corrected chi connectivity index (χ3v) is 9.30. The van der Waals surface area contributed by atoms with Gasteiger partial charge in [0.05, 0.1) is 0 Å². The molecule has 0 aliphatic heterocycles. The lowest BCUT2D eigenvalue weighted by molar-refractivity contribution is 0.303. The van der Waals surface area contributed by atoms with E-state index in [1.807, 2.05) is 0 Å². The van der Waals surface area contributed by atoms with Crippen LogP contribution >= 0.6 is 0 Å². The van der Waals surface area contributed by atoms with E-state index in [0.29, 0.717) is 23.6 Å². The van der Waals surface area contributed by atoms with Gasteiger partial charge in [0.15, 0.2) is 0 Å². The lowest BCUT2D eigenvalue weighted by Crippen LogP contribution is -2.13. The number of hydrogen-bond acceptors (Lipinski definition) is 3. The Morgan fingerprint density at radius 2 is 1.16 bits per heavy atom. The van der Waals surface area contributed by atoms with Crippen LogP contribution in [0.15, 0.2) is 53.1 Å². The lowest BCUT2D eigenvalue weighted by atomic mass is 9.77. The molecule has 0 saturated heterocycles. The second-order valence-corrected chi connectivity index (χ2v) is 11.9. The minimum atomic E-state index is 0.611. The van der Waals surface area contributed by atoms with Gasteiger partial charge in [0.1, 0.15) is 0 Å². The maximum absolute atomic E-state index is 5.67. The highest BCUT2D eigenvalue weighted by Crippen LogP contribution is 2.39. The number of hydrogen-bond donors (Lipinski definition) is 0. The molecular formula is C34H46N2O. The smallest absolute Gasteiger partial charge is 0.258 e. The van der Waals surface area contributed by atoms with Crippen LogP contribution < -0.4 is 0 Å².